The fourth-order valence-corrected chi connectivity index (χ4v) is 7.94. The third kappa shape index (κ3) is 3.01. The second-order valence-corrected chi connectivity index (χ2v) is 11.3. The molecule has 180 valence electrons. The van der Waals surface area contributed by atoms with Crippen LogP contribution in [0.4, 0.5) is 0 Å². The Morgan fingerprint density at radius 3 is 2.79 bits per heavy atom. The predicted octanol–water partition coefficient (Wildman–Crippen LogP) is 2.76. The Labute approximate surface area is 194 Å². The average Bonchev–Trinajstić information content (AvgIpc) is 3.28. The number of fused-ring (bicyclic) bond motifs is 7. The van der Waals surface area contributed by atoms with E-state index in [1.54, 1.807) is 26.0 Å². The second kappa shape index (κ2) is 7.59. The zero-order valence-electron chi connectivity index (χ0n) is 19.8. The van der Waals surface area contributed by atoms with Crippen molar-refractivity contribution in [3.8, 4) is 0 Å². The molecule has 7 heteroatoms. The Bertz CT molecular complexity index is 950. The molecule has 3 saturated carbocycles. The van der Waals surface area contributed by atoms with Gasteiger partial charge in [0, 0.05) is 16.7 Å². The molecule has 0 aromatic rings. The Hall–Kier alpha value is -1.83. The highest BCUT2D eigenvalue weighted by Gasteiger charge is 2.74. The van der Waals surface area contributed by atoms with Crippen LogP contribution >= 0.6 is 0 Å². The minimum atomic E-state index is -1.23. The molecule has 1 aliphatic heterocycles. The number of hydrogen-bond donors (Lipinski definition) is 1. The summed E-state index contributed by atoms with van der Waals surface area (Å²) >= 11 is 0. The summed E-state index contributed by atoms with van der Waals surface area (Å²) in [6, 6.07) is 0. The Kier molecular flexibility index (Phi) is 5.27. The van der Waals surface area contributed by atoms with Crippen molar-refractivity contribution in [1.82, 2.24) is 0 Å². The molecule has 8 unspecified atom stereocenters. The number of carbonyl (C=O) groups is 3. The van der Waals surface area contributed by atoms with Crippen LogP contribution in [0.2, 0.25) is 0 Å². The summed E-state index contributed by atoms with van der Waals surface area (Å²) in [6.07, 6.45) is 6.97. The van der Waals surface area contributed by atoms with Crippen LogP contribution in [0.25, 0.3) is 0 Å². The predicted molar refractivity (Wildman–Crippen MR) is 118 cm³/mol. The first-order valence-electron chi connectivity index (χ1n) is 12.1. The van der Waals surface area contributed by atoms with Crippen molar-refractivity contribution in [1.29, 1.82) is 0 Å². The minimum absolute atomic E-state index is 0.00811. The van der Waals surface area contributed by atoms with E-state index in [4.69, 9.17) is 14.2 Å². The molecule has 1 N–H and O–H groups in total. The smallest absolute Gasteiger partial charge is 0.308 e. The molecule has 0 bridgehead atoms. The largest absolute Gasteiger partial charge is 0.457 e. The maximum Gasteiger partial charge on any atom is 0.308 e. The first-order chi connectivity index (χ1) is 15.5. The van der Waals surface area contributed by atoms with Crippen LogP contribution < -0.4 is 0 Å². The molecule has 4 fully saturated rings. The van der Waals surface area contributed by atoms with Crippen LogP contribution in [0.1, 0.15) is 53.4 Å². The first kappa shape index (κ1) is 22.9. The van der Waals surface area contributed by atoms with Crippen LogP contribution in [0.5, 0.6) is 0 Å². The summed E-state index contributed by atoms with van der Waals surface area (Å²) in [6.45, 7) is 7.30. The zero-order valence-corrected chi connectivity index (χ0v) is 19.8. The van der Waals surface area contributed by atoms with Crippen molar-refractivity contribution in [3.63, 3.8) is 0 Å². The third-order valence-corrected chi connectivity index (χ3v) is 9.44. The molecule has 0 aromatic heterocycles. The fourth-order valence-electron chi connectivity index (χ4n) is 7.94. The standard InChI is InChI=1S/C26H34O7/c1-14(2)23(30)31-12-20(29)26-21(32-13-33-26)10-18-17-6-5-15-9-16(27)7-8-24(15,3)22(17)19(28)11-25(18,26)4/h7-9,14,17-19,21-22,28H,5-6,10-13H2,1-4H3. The van der Waals surface area contributed by atoms with Crippen molar-refractivity contribution >= 4 is 17.5 Å². The summed E-state index contributed by atoms with van der Waals surface area (Å²) in [5, 5.41) is 11.6. The van der Waals surface area contributed by atoms with Crippen LogP contribution in [0.3, 0.4) is 0 Å². The van der Waals surface area contributed by atoms with Gasteiger partial charge in [0.25, 0.3) is 0 Å². The lowest BCUT2D eigenvalue weighted by molar-refractivity contribution is -0.187. The van der Waals surface area contributed by atoms with E-state index in [1.165, 1.54) is 0 Å². The second-order valence-electron chi connectivity index (χ2n) is 11.3. The molecule has 8 atom stereocenters. The molecule has 7 nitrogen and oxygen atoms in total. The SMILES string of the molecule is CC(C)C(=O)OCC(=O)C12OCOC1CC1C3CCC4=CC(=O)C=CC4(C)C3C(O)CC12C. The van der Waals surface area contributed by atoms with Gasteiger partial charge in [0.05, 0.1) is 18.1 Å². The Morgan fingerprint density at radius 2 is 2.06 bits per heavy atom. The summed E-state index contributed by atoms with van der Waals surface area (Å²) in [4.78, 5) is 37.6. The summed E-state index contributed by atoms with van der Waals surface area (Å²) < 4.78 is 17.4. The van der Waals surface area contributed by atoms with Crippen molar-refractivity contribution < 1.29 is 33.7 Å². The number of allylic oxidation sites excluding steroid dienone is 4. The lowest BCUT2D eigenvalue weighted by Crippen LogP contribution is -2.63. The van der Waals surface area contributed by atoms with Gasteiger partial charge in [-0.05, 0) is 49.7 Å². The molecule has 1 saturated heterocycles. The molecular formula is C26H34O7. The number of Topliss-reactive ketones (excluding diaryl/α,β-unsaturated/α-hetero) is 1. The molecule has 0 amide bonds. The summed E-state index contributed by atoms with van der Waals surface area (Å²) in [5.74, 6) is -0.767. The van der Waals surface area contributed by atoms with Gasteiger partial charge in [0.1, 0.15) is 6.79 Å². The third-order valence-electron chi connectivity index (χ3n) is 9.44. The number of hydrogen-bond acceptors (Lipinski definition) is 7. The molecule has 0 aromatic carbocycles. The highest BCUT2D eigenvalue weighted by molar-refractivity contribution is 6.01. The lowest BCUT2D eigenvalue weighted by Gasteiger charge is -2.59. The number of ether oxygens (including phenoxy) is 3. The van der Waals surface area contributed by atoms with Crippen molar-refractivity contribution in [2.24, 2.45) is 34.5 Å². The monoisotopic (exact) mass is 458 g/mol. The normalized spacial score (nSPS) is 45.7. The molecule has 5 aliphatic rings. The minimum Gasteiger partial charge on any atom is -0.457 e. The van der Waals surface area contributed by atoms with Gasteiger partial charge in [-0.1, -0.05) is 39.3 Å². The maximum atomic E-state index is 13.6. The molecule has 4 aliphatic carbocycles. The van der Waals surface area contributed by atoms with E-state index in [1.807, 2.05) is 13.0 Å². The van der Waals surface area contributed by atoms with Gasteiger partial charge in [-0.3, -0.25) is 14.4 Å². The summed E-state index contributed by atoms with van der Waals surface area (Å²) in [5.41, 5.74) is -1.14. The van der Waals surface area contributed by atoms with Gasteiger partial charge in [0.2, 0.25) is 5.78 Å². The van der Waals surface area contributed by atoms with E-state index in [0.29, 0.717) is 12.8 Å². The molecular weight excluding hydrogens is 424 g/mol. The molecule has 5 rings (SSSR count). The van der Waals surface area contributed by atoms with Crippen molar-refractivity contribution in [2.45, 2.75) is 71.2 Å². The lowest BCUT2D eigenvalue weighted by atomic mass is 9.46. The first-order valence-corrected chi connectivity index (χ1v) is 12.1. The van der Waals surface area contributed by atoms with Gasteiger partial charge < -0.3 is 19.3 Å². The number of esters is 1. The van der Waals surface area contributed by atoms with Gasteiger partial charge in [-0.2, -0.15) is 0 Å². The Morgan fingerprint density at radius 1 is 1.30 bits per heavy atom. The van der Waals surface area contributed by atoms with E-state index in [-0.39, 0.29) is 54.1 Å². The van der Waals surface area contributed by atoms with Crippen LogP contribution in [-0.4, -0.2) is 53.9 Å². The number of aliphatic hydroxyl groups excluding tert-OH is 1. The van der Waals surface area contributed by atoms with Gasteiger partial charge in [-0.25, -0.2) is 0 Å². The van der Waals surface area contributed by atoms with Crippen LogP contribution in [0, 0.1) is 34.5 Å². The van der Waals surface area contributed by atoms with Gasteiger partial charge >= 0.3 is 5.97 Å². The molecule has 1 heterocycles. The van der Waals surface area contributed by atoms with Crippen molar-refractivity contribution in [3.05, 3.63) is 23.8 Å². The molecule has 0 radical (unpaired) electrons. The number of aliphatic hydroxyl groups is 1. The Balaban J connectivity index is 1.48. The highest BCUT2D eigenvalue weighted by atomic mass is 16.7. The average molecular weight is 459 g/mol. The zero-order chi connectivity index (χ0) is 23.8. The van der Waals surface area contributed by atoms with Gasteiger partial charge in [-0.15, -0.1) is 0 Å². The van der Waals surface area contributed by atoms with E-state index in [9.17, 15) is 19.5 Å². The molecule has 0 spiro atoms. The fraction of sp³-hybridized carbons (Fsp3) is 0.731. The number of rotatable bonds is 4. The molecule has 33 heavy (non-hydrogen) atoms. The van der Waals surface area contributed by atoms with Crippen LogP contribution in [-0.2, 0) is 28.6 Å². The van der Waals surface area contributed by atoms with Crippen molar-refractivity contribution in [2.75, 3.05) is 13.4 Å². The van der Waals surface area contributed by atoms with Gasteiger partial charge in [0.15, 0.2) is 18.0 Å². The number of carbonyl (C=O) groups excluding carboxylic acids is 3. The number of ketones is 2. The highest BCUT2D eigenvalue weighted by Crippen LogP contribution is 2.69. The van der Waals surface area contributed by atoms with E-state index < -0.39 is 29.2 Å². The van der Waals surface area contributed by atoms with E-state index in [0.717, 1.165) is 18.4 Å². The van der Waals surface area contributed by atoms with E-state index >= 15 is 0 Å². The summed E-state index contributed by atoms with van der Waals surface area (Å²) in [7, 11) is 0. The topological polar surface area (TPSA) is 99.1 Å². The quantitative estimate of drug-likeness (QED) is 0.647. The maximum absolute atomic E-state index is 13.6. The van der Waals surface area contributed by atoms with E-state index in [2.05, 4.69) is 6.92 Å². The van der Waals surface area contributed by atoms with Crippen LogP contribution in [0.15, 0.2) is 23.8 Å².